The summed E-state index contributed by atoms with van der Waals surface area (Å²) in [6.07, 6.45) is 7.07. The molecule has 0 saturated heterocycles. The van der Waals surface area contributed by atoms with Crippen LogP contribution in [-0.4, -0.2) is 14.5 Å². The fraction of sp³-hybridized carbons (Fsp3) is 0.200. The van der Waals surface area contributed by atoms with Crippen LogP contribution in [0.5, 0.6) is 0 Å². The number of aromatic nitrogens is 3. The van der Waals surface area contributed by atoms with E-state index < -0.39 is 0 Å². The van der Waals surface area contributed by atoms with E-state index in [0.717, 1.165) is 39.7 Å². The first-order chi connectivity index (χ1) is 9.31. The maximum Gasteiger partial charge on any atom is 0.178 e. The van der Waals surface area contributed by atoms with E-state index in [4.69, 9.17) is 12.2 Å². The summed E-state index contributed by atoms with van der Waals surface area (Å²) in [6, 6.07) is 8.17. The summed E-state index contributed by atoms with van der Waals surface area (Å²) in [6.45, 7) is 2.92. The highest BCUT2D eigenvalue weighted by Gasteiger charge is 2.08. The zero-order valence-electron chi connectivity index (χ0n) is 10.8. The zero-order chi connectivity index (χ0) is 13.2. The zero-order valence-corrected chi connectivity index (χ0v) is 11.6. The first-order valence-corrected chi connectivity index (χ1v) is 6.79. The van der Waals surface area contributed by atoms with Gasteiger partial charge in [-0.1, -0.05) is 30.4 Å². The van der Waals surface area contributed by atoms with Gasteiger partial charge in [0.15, 0.2) is 4.77 Å². The maximum atomic E-state index is 5.42. The van der Waals surface area contributed by atoms with Gasteiger partial charge in [0.25, 0.3) is 0 Å². The van der Waals surface area contributed by atoms with Gasteiger partial charge in [0.05, 0.1) is 22.7 Å². The third-order valence-electron chi connectivity index (χ3n) is 3.26. The summed E-state index contributed by atoms with van der Waals surface area (Å²) in [5, 5.41) is 1.15. The smallest absolute Gasteiger partial charge is 0.178 e. The van der Waals surface area contributed by atoms with Gasteiger partial charge in [0.2, 0.25) is 0 Å². The topological polar surface area (TPSA) is 33.6 Å². The SMILES string of the molecule is C/C=C/CCn1c(=S)[nH]c2cnc3ccccc3c21. The van der Waals surface area contributed by atoms with Crippen molar-refractivity contribution in [3.8, 4) is 0 Å². The molecule has 3 aromatic rings. The Balaban J connectivity index is 2.27. The maximum absolute atomic E-state index is 5.42. The van der Waals surface area contributed by atoms with E-state index in [1.807, 2.05) is 31.3 Å². The standard InChI is InChI=1S/C15H15N3S/c1-2-3-6-9-18-14-11-7-4-5-8-12(11)16-10-13(14)17-15(18)19/h2-5,7-8,10H,6,9H2,1H3,(H,17,19)/b3-2+. The van der Waals surface area contributed by atoms with E-state index in [-0.39, 0.29) is 0 Å². The molecule has 0 fully saturated rings. The number of aryl methyl sites for hydroxylation is 1. The van der Waals surface area contributed by atoms with Gasteiger partial charge in [0.1, 0.15) is 0 Å². The number of H-pyrrole nitrogens is 1. The average Bonchev–Trinajstić information content (AvgIpc) is 2.76. The van der Waals surface area contributed by atoms with Crippen LogP contribution in [0.15, 0.2) is 42.6 Å². The molecule has 0 unspecified atom stereocenters. The molecule has 0 spiro atoms. The minimum absolute atomic E-state index is 0.762. The Hall–Kier alpha value is -1.94. The highest BCUT2D eigenvalue weighted by molar-refractivity contribution is 7.71. The van der Waals surface area contributed by atoms with Gasteiger partial charge < -0.3 is 9.55 Å². The molecule has 1 aromatic carbocycles. The normalized spacial score (nSPS) is 11.8. The molecular formula is C15H15N3S. The lowest BCUT2D eigenvalue weighted by molar-refractivity contribution is 0.721. The third-order valence-corrected chi connectivity index (χ3v) is 3.58. The number of rotatable bonds is 3. The number of benzene rings is 1. The van der Waals surface area contributed by atoms with Crippen molar-refractivity contribution in [3.63, 3.8) is 0 Å². The largest absolute Gasteiger partial charge is 0.329 e. The summed E-state index contributed by atoms with van der Waals surface area (Å²) < 4.78 is 2.92. The highest BCUT2D eigenvalue weighted by Crippen LogP contribution is 2.23. The van der Waals surface area contributed by atoms with Gasteiger partial charge in [0, 0.05) is 11.9 Å². The Bertz CT molecular complexity index is 811. The molecule has 4 heteroatoms. The molecule has 3 rings (SSSR count). The van der Waals surface area contributed by atoms with Gasteiger partial charge in [-0.25, -0.2) is 0 Å². The Morgan fingerprint density at radius 1 is 1.37 bits per heavy atom. The minimum atomic E-state index is 0.762. The van der Waals surface area contributed by atoms with E-state index >= 15 is 0 Å². The molecule has 0 atom stereocenters. The van der Waals surface area contributed by atoms with E-state index in [0.29, 0.717) is 0 Å². The van der Waals surface area contributed by atoms with Crippen molar-refractivity contribution in [2.75, 3.05) is 0 Å². The molecule has 2 heterocycles. The second kappa shape index (κ2) is 4.97. The van der Waals surface area contributed by atoms with Gasteiger partial charge in [-0.15, -0.1) is 0 Å². The van der Waals surface area contributed by atoms with Crippen molar-refractivity contribution in [2.24, 2.45) is 0 Å². The predicted octanol–water partition coefficient (Wildman–Crippen LogP) is 4.21. The van der Waals surface area contributed by atoms with E-state index in [1.165, 1.54) is 0 Å². The molecule has 0 aliphatic carbocycles. The molecule has 0 aliphatic heterocycles. The Labute approximate surface area is 116 Å². The number of hydrogen-bond donors (Lipinski definition) is 1. The van der Waals surface area contributed by atoms with Crippen LogP contribution in [0, 0.1) is 4.77 Å². The van der Waals surface area contributed by atoms with Crippen LogP contribution >= 0.6 is 12.2 Å². The summed E-state index contributed by atoms with van der Waals surface area (Å²) in [5.41, 5.74) is 3.16. The quantitative estimate of drug-likeness (QED) is 0.570. The lowest BCUT2D eigenvalue weighted by Crippen LogP contribution is -1.97. The van der Waals surface area contributed by atoms with Crippen LogP contribution in [-0.2, 0) is 6.54 Å². The summed E-state index contributed by atoms with van der Waals surface area (Å²) >= 11 is 5.42. The molecule has 3 nitrogen and oxygen atoms in total. The van der Waals surface area contributed by atoms with Crippen LogP contribution in [0.3, 0.4) is 0 Å². The molecule has 0 aliphatic rings. The highest BCUT2D eigenvalue weighted by atomic mass is 32.1. The summed E-state index contributed by atoms with van der Waals surface area (Å²) in [4.78, 5) is 7.69. The number of hydrogen-bond acceptors (Lipinski definition) is 2. The Kier molecular flexibility index (Phi) is 3.17. The van der Waals surface area contributed by atoms with Gasteiger partial charge >= 0.3 is 0 Å². The van der Waals surface area contributed by atoms with Gasteiger partial charge in [-0.2, -0.15) is 0 Å². The Morgan fingerprint density at radius 2 is 2.21 bits per heavy atom. The number of pyridine rings is 1. The van der Waals surface area contributed by atoms with Crippen molar-refractivity contribution in [2.45, 2.75) is 19.9 Å². The van der Waals surface area contributed by atoms with Gasteiger partial charge in [-0.05, 0) is 31.6 Å². The first kappa shape index (κ1) is 12.1. The van der Waals surface area contributed by atoms with Crippen LogP contribution in [0.1, 0.15) is 13.3 Å². The minimum Gasteiger partial charge on any atom is -0.329 e. The van der Waals surface area contributed by atoms with E-state index in [9.17, 15) is 0 Å². The third kappa shape index (κ3) is 2.08. The van der Waals surface area contributed by atoms with E-state index in [1.54, 1.807) is 0 Å². The molecule has 0 radical (unpaired) electrons. The van der Waals surface area contributed by atoms with Crippen molar-refractivity contribution < 1.29 is 0 Å². The number of nitrogens with zero attached hydrogens (tertiary/aromatic N) is 2. The molecule has 19 heavy (non-hydrogen) atoms. The first-order valence-electron chi connectivity index (χ1n) is 6.38. The molecule has 0 bridgehead atoms. The number of para-hydroxylation sites is 1. The molecule has 96 valence electrons. The van der Waals surface area contributed by atoms with Crippen LogP contribution in [0.4, 0.5) is 0 Å². The van der Waals surface area contributed by atoms with Crippen LogP contribution in [0.2, 0.25) is 0 Å². The monoisotopic (exact) mass is 269 g/mol. The lowest BCUT2D eigenvalue weighted by atomic mass is 10.2. The molecular weight excluding hydrogens is 254 g/mol. The van der Waals surface area contributed by atoms with Crippen molar-refractivity contribution >= 4 is 34.2 Å². The molecule has 1 N–H and O–H groups in total. The van der Waals surface area contributed by atoms with Crippen LogP contribution in [0.25, 0.3) is 21.9 Å². The molecule has 0 saturated carbocycles. The molecule has 0 amide bonds. The van der Waals surface area contributed by atoms with Crippen molar-refractivity contribution in [1.29, 1.82) is 0 Å². The Morgan fingerprint density at radius 3 is 3.05 bits per heavy atom. The second-order valence-electron chi connectivity index (χ2n) is 4.48. The molecule has 2 aromatic heterocycles. The van der Waals surface area contributed by atoms with Gasteiger partial charge in [-0.3, -0.25) is 4.98 Å². The fourth-order valence-electron chi connectivity index (χ4n) is 2.38. The summed E-state index contributed by atoms with van der Waals surface area (Å²) in [5.74, 6) is 0. The number of nitrogens with one attached hydrogen (secondary N) is 1. The second-order valence-corrected chi connectivity index (χ2v) is 4.86. The fourth-order valence-corrected chi connectivity index (χ4v) is 2.67. The number of imidazole rings is 1. The van der Waals surface area contributed by atoms with Crippen LogP contribution < -0.4 is 0 Å². The lowest BCUT2D eigenvalue weighted by Gasteiger charge is -2.05. The summed E-state index contributed by atoms with van der Waals surface area (Å²) in [7, 11) is 0. The number of aromatic amines is 1. The van der Waals surface area contributed by atoms with Crippen molar-refractivity contribution in [1.82, 2.24) is 14.5 Å². The van der Waals surface area contributed by atoms with E-state index in [2.05, 4.69) is 32.8 Å². The average molecular weight is 269 g/mol. The number of fused-ring (bicyclic) bond motifs is 3. The predicted molar refractivity (Wildman–Crippen MR) is 81.9 cm³/mol. The number of allylic oxidation sites excluding steroid dienone is 2. The van der Waals surface area contributed by atoms with Crippen molar-refractivity contribution in [3.05, 3.63) is 47.4 Å².